The molecule has 1 aromatic rings. The normalized spacial score (nSPS) is 10.4. The number of rotatable bonds is 4. The lowest BCUT2D eigenvalue weighted by Gasteiger charge is -2.08. The lowest BCUT2D eigenvalue weighted by atomic mass is 10.2. The molecule has 1 rings (SSSR count). The topological polar surface area (TPSA) is 37.8 Å². The lowest BCUT2D eigenvalue weighted by Crippen LogP contribution is -2.05. The van der Waals surface area contributed by atoms with Crippen LogP contribution in [-0.2, 0) is 0 Å². The molecule has 1 aromatic heterocycles. The van der Waals surface area contributed by atoms with Crippen LogP contribution in [0.3, 0.4) is 0 Å². The van der Waals surface area contributed by atoms with E-state index in [2.05, 4.69) is 65.0 Å². The summed E-state index contributed by atoms with van der Waals surface area (Å²) in [5.41, 5.74) is 1.30. The Morgan fingerprint density at radius 3 is 2.69 bits per heavy atom. The quantitative estimate of drug-likeness (QED) is 0.676. The highest BCUT2D eigenvalue weighted by Crippen LogP contribution is 2.17. The molecule has 0 amide bonds. The summed E-state index contributed by atoms with van der Waals surface area (Å²) < 4.78 is 0.825. The van der Waals surface area contributed by atoms with Crippen molar-refractivity contribution in [3.63, 3.8) is 0 Å². The number of nitrogens with zero attached hydrogens (tertiary/aromatic N) is 2. The summed E-state index contributed by atoms with van der Waals surface area (Å²) in [6.45, 7) is 9.13. The van der Waals surface area contributed by atoms with Crippen LogP contribution in [0.25, 0.3) is 0 Å². The summed E-state index contributed by atoms with van der Waals surface area (Å²) in [6, 6.07) is 1.89. The van der Waals surface area contributed by atoms with Gasteiger partial charge in [-0.15, -0.1) is 0 Å². The standard InChI is InChI=1S/C12H18BrN3/c1-8(2)5-6-14-11-7-10(13)15-12(16-11)9(3)4/h5,7,9H,6H2,1-4H3,(H,14,15,16). The molecule has 3 nitrogen and oxygen atoms in total. The molecule has 88 valence electrons. The molecule has 1 N–H and O–H groups in total. The number of aromatic nitrogens is 2. The van der Waals surface area contributed by atoms with E-state index in [4.69, 9.17) is 0 Å². The van der Waals surface area contributed by atoms with Gasteiger partial charge in [-0.05, 0) is 29.8 Å². The molecule has 0 bridgehead atoms. The molecule has 1 heterocycles. The van der Waals surface area contributed by atoms with Gasteiger partial charge in [0.05, 0.1) is 0 Å². The highest BCUT2D eigenvalue weighted by molar-refractivity contribution is 9.10. The van der Waals surface area contributed by atoms with Crippen molar-refractivity contribution in [2.45, 2.75) is 33.6 Å². The van der Waals surface area contributed by atoms with E-state index in [1.165, 1.54) is 5.57 Å². The minimum Gasteiger partial charge on any atom is -0.366 e. The van der Waals surface area contributed by atoms with Crippen LogP contribution in [0.1, 0.15) is 39.4 Å². The molecule has 0 aliphatic rings. The van der Waals surface area contributed by atoms with E-state index in [0.717, 1.165) is 22.8 Å². The smallest absolute Gasteiger partial charge is 0.134 e. The van der Waals surface area contributed by atoms with Gasteiger partial charge >= 0.3 is 0 Å². The van der Waals surface area contributed by atoms with Crippen LogP contribution in [0, 0.1) is 0 Å². The van der Waals surface area contributed by atoms with Crippen molar-refractivity contribution >= 4 is 21.7 Å². The fourth-order valence-electron chi connectivity index (χ4n) is 1.14. The van der Waals surface area contributed by atoms with E-state index in [0.29, 0.717) is 5.92 Å². The summed E-state index contributed by atoms with van der Waals surface area (Å²) in [5, 5.41) is 3.25. The fourth-order valence-corrected chi connectivity index (χ4v) is 1.54. The van der Waals surface area contributed by atoms with E-state index in [9.17, 15) is 0 Å². The summed E-state index contributed by atoms with van der Waals surface area (Å²) >= 11 is 3.40. The van der Waals surface area contributed by atoms with Gasteiger partial charge in [-0.25, -0.2) is 9.97 Å². The summed E-state index contributed by atoms with van der Waals surface area (Å²) in [5.74, 6) is 2.05. The average Bonchev–Trinajstić information content (AvgIpc) is 2.16. The van der Waals surface area contributed by atoms with Crippen molar-refractivity contribution in [1.29, 1.82) is 0 Å². The number of halogens is 1. The SMILES string of the molecule is CC(C)=CCNc1cc(Br)nc(C(C)C)n1. The largest absolute Gasteiger partial charge is 0.366 e. The molecule has 0 unspecified atom stereocenters. The predicted molar refractivity (Wildman–Crippen MR) is 71.7 cm³/mol. The highest BCUT2D eigenvalue weighted by atomic mass is 79.9. The molecule has 0 saturated carbocycles. The number of hydrogen-bond acceptors (Lipinski definition) is 3. The zero-order valence-corrected chi connectivity index (χ0v) is 11.8. The number of hydrogen-bond donors (Lipinski definition) is 1. The Hall–Kier alpha value is -0.900. The molecule has 0 radical (unpaired) electrons. The number of anilines is 1. The highest BCUT2D eigenvalue weighted by Gasteiger charge is 2.05. The maximum absolute atomic E-state index is 4.45. The van der Waals surface area contributed by atoms with Crippen LogP contribution in [0.4, 0.5) is 5.82 Å². The van der Waals surface area contributed by atoms with Crippen molar-refractivity contribution in [2.75, 3.05) is 11.9 Å². The van der Waals surface area contributed by atoms with Crippen LogP contribution in [0.2, 0.25) is 0 Å². The van der Waals surface area contributed by atoms with E-state index < -0.39 is 0 Å². The Bertz CT molecular complexity index is 382. The molecule has 4 heteroatoms. The summed E-state index contributed by atoms with van der Waals surface area (Å²) in [7, 11) is 0. The minimum atomic E-state index is 0.335. The first-order valence-corrected chi connectivity index (χ1v) is 6.20. The molecule has 0 spiro atoms. The first-order chi connectivity index (χ1) is 7.49. The first-order valence-electron chi connectivity index (χ1n) is 5.40. The van der Waals surface area contributed by atoms with Crippen molar-refractivity contribution < 1.29 is 0 Å². The zero-order chi connectivity index (χ0) is 12.1. The van der Waals surface area contributed by atoms with Gasteiger partial charge in [0.25, 0.3) is 0 Å². The first kappa shape index (κ1) is 13.2. The summed E-state index contributed by atoms with van der Waals surface area (Å²) in [4.78, 5) is 8.78. The maximum atomic E-state index is 4.45. The second-order valence-corrected chi connectivity index (χ2v) is 5.06. The molecule has 0 aromatic carbocycles. The second-order valence-electron chi connectivity index (χ2n) is 4.25. The van der Waals surface area contributed by atoms with Gasteiger partial charge in [0.15, 0.2) is 0 Å². The third-order valence-corrected chi connectivity index (χ3v) is 2.43. The Kier molecular flexibility index (Phi) is 4.93. The molecule has 0 aliphatic heterocycles. The molecule has 0 fully saturated rings. The molecule has 0 atom stereocenters. The second kappa shape index (κ2) is 5.99. The molecule has 0 aliphatic carbocycles. The number of allylic oxidation sites excluding steroid dienone is 1. The summed E-state index contributed by atoms with van der Waals surface area (Å²) in [6.07, 6.45) is 2.13. The third-order valence-electron chi connectivity index (χ3n) is 2.02. The maximum Gasteiger partial charge on any atom is 0.134 e. The van der Waals surface area contributed by atoms with Crippen molar-refractivity contribution in [3.8, 4) is 0 Å². The van der Waals surface area contributed by atoms with E-state index in [1.54, 1.807) is 0 Å². The van der Waals surface area contributed by atoms with Crippen LogP contribution in [0.5, 0.6) is 0 Å². The Morgan fingerprint density at radius 1 is 1.44 bits per heavy atom. The van der Waals surface area contributed by atoms with Gasteiger partial charge in [0, 0.05) is 18.5 Å². The minimum absolute atomic E-state index is 0.335. The van der Waals surface area contributed by atoms with Crippen LogP contribution in [-0.4, -0.2) is 16.5 Å². The van der Waals surface area contributed by atoms with Gasteiger partial charge in [0.2, 0.25) is 0 Å². The van der Waals surface area contributed by atoms with Crippen LogP contribution in [0.15, 0.2) is 22.3 Å². The lowest BCUT2D eigenvalue weighted by molar-refractivity contribution is 0.770. The molecular weight excluding hydrogens is 266 g/mol. The Morgan fingerprint density at radius 2 is 2.12 bits per heavy atom. The third kappa shape index (κ3) is 4.31. The Labute approximate surface area is 106 Å². The molecular formula is C12H18BrN3. The fraction of sp³-hybridized carbons (Fsp3) is 0.500. The van der Waals surface area contributed by atoms with Crippen molar-refractivity contribution in [2.24, 2.45) is 0 Å². The number of nitrogens with one attached hydrogen (secondary N) is 1. The van der Waals surface area contributed by atoms with E-state index in [-0.39, 0.29) is 0 Å². The molecule has 16 heavy (non-hydrogen) atoms. The van der Waals surface area contributed by atoms with Crippen molar-refractivity contribution in [3.05, 3.63) is 28.1 Å². The van der Waals surface area contributed by atoms with Crippen LogP contribution >= 0.6 is 15.9 Å². The van der Waals surface area contributed by atoms with Gasteiger partial charge in [-0.2, -0.15) is 0 Å². The van der Waals surface area contributed by atoms with Gasteiger partial charge in [-0.3, -0.25) is 0 Å². The molecule has 0 saturated heterocycles. The van der Waals surface area contributed by atoms with Gasteiger partial charge < -0.3 is 5.32 Å². The van der Waals surface area contributed by atoms with E-state index in [1.807, 2.05) is 6.07 Å². The van der Waals surface area contributed by atoms with Gasteiger partial charge in [-0.1, -0.05) is 25.5 Å². The average molecular weight is 284 g/mol. The van der Waals surface area contributed by atoms with Crippen molar-refractivity contribution in [1.82, 2.24) is 9.97 Å². The zero-order valence-electron chi connectivity index (χ0n) is 10.2. The van der Waals surface area contributed by atoms with Gasteiger partial charge in [0.1, 0.15) is 16.2 Å². The predicted octanol–water partition coefficient (Wildman–Crippen LogP) is 3.74. The Balaban J connectivity index is 2.76. The van der Waals surface area contributed by atoms with Crippen LogP contribution < -0.4 is 5.32 Å². The monoisotopic (exact) mass is 283 g/mol. The van der Waals surface area contributed by atoms with E-state index >= 15 is 0 Å².